The molecule has 0 unspecified atom stereocenters. The lowest BCUT2D eigenvalue weighted by Crippen LogP contribution is -2.16. The van der Waals surface area contributed by atoms with Crippen molar-refractivity contribution in [2.45, 2.75) is 13.5 Å². The molecule has 0 aromatic carbocycles. The molecule has 3 rings (SSSR count). The molecule has 0 fully saturated rings. The van der Waals surface area contributed by atoms with Gasteiger partial charge in [-0.25, -0.2) is 4.98 Å². The number of esters is 1. The third-order valence-corrected chi connectivity index (χ3v) is 5.58. The SMILES string of the molecule is Cc1cc(NC(=O)CSCC(=O)OCc2csc(-c3ccsc3)n2)no1. The number of hydrogen-bond acceptors (Lipinski definition) is 9. The Morgan fingerprint density at radius 3 is 2.96 bits per heavy atom. The summed E-state index contributed by atoms with van der Waals surface area (Å²) in [7, 11) is 0. The number of thioether (sulfide) groups is 1. The van der Waals surface area contributed by atoms with Gasteiger partial charge in [-0.15, -0.1) is 23.1 Å². The van der Waals surface area contributed by atoms with Crippen LogP contribution in [0.4, 0.5) is 5.82 Å². The first-order chi connectivity index (χ1) is 12.6. The van der Waals surface area contributed by atoms with Gasteiger partial charge in [-0.1, -0.05) is 5.16 Å². The lowest BCUT2D eigenvalue weighted by atomic mass is 10.4. The Hall–Kier alpha value is -2.17. The molecule has 0 aliphatic rings. The molecule has 3 aromatic rings. The Labute approximate surface area is 161 Å². The van der Waals surface area contributed by atoms with Crippen LogP contribution in [0.3, 0.4) is 0 Å². The van der Waals surface area contributed by atoms with Crippen LogP contribution in [-0.4, -0.2) is 33.5 Å². The van der Waals surface area contributed by atoms with Crippen LogP contribution in [0.2, 0.25) is 0 Å². The number of amides is 1. The summed E-state index contributed by atoms with van der Waals surface area (Å²) < 4.78 is 10.0. The minimum Gasteiger partial charge on any atom is -0.459 e. The average Bonchev–Trinajstić information content (AvgIpc) is 3.34. The van der Waals surface area contributed by atoms with Crippen LogP contribution in [0.1, 0.15) is 11.5 Å². The Morgan fingerprint density at radius 1 is 1.35 bits per heavy atom. The van der Waals surface area contributed by atoms with E-state index in [0.29, 0.717) is 17.3 Å². The highest BCUT2D eigenvalue weighted by Gasteiger charge is 2.11. The monoisotopic (exact) mass is 409 g/mol. The van der Waals surface area contributed by atoms with Crippen LogP contribution < -0.4 is 5.32 Å². The summed E-state index contributed by atoms with van der Waals surface area (Å²) in [5.74, 6) is 0.551. The zero-order valence-corrected chi connectivity index (χ0v) is 16.2. The van der Waals surface area contributed by atoms with Gasteiger partial charge in [0.2, 0.25) is 5.91 Å². The highest BCUT2D eigenvalue weighted by molar-refractivity contribution is 8.00. The maximum atomic E-state index is 11.8. The fraction of sp³-hybridized carbons (Fsp3) is 0.250. The Bertz CT molecular complexity index is 873. The first kappa shape index (κ1) is 18.6. The number of thiophene rings is 1. The zero-order chi connectivity index (χ0) is 18.4. The second-order valence-corrected chi connectivity index (χ2v) is 7.80. The van der Waals surface area contributed by atoms with E-state index in [0.717, 1.165) is 10.6 Å². The Morgan fingerprint density at radius 2 is 2.23 bits per heavy atom. The lowest BCUT2D eigenvalue weighted by molar-refractivity contribution is -0.141. The number of carbonyl (C=O) groups is 2. The quantitative estimate of drug-likeness (QED) is 0.568. The molecule has 1 N–H and O–H groups in total. The van der Waals surface area contributed by atoms with E-state index in [1.165, 1.54) is 23.1 Å². The van der Waals surface area contributed by atoms with E-state index in [2.05, 4.69) is 15.5 Å². The number of aromatic nitrogens is 2. The molecule has 0 aliphatic heterocycles. The van der Waals surface area contributed by atoms with Crippen LogP contribution in [-0.2, 0) is 20.9 Å². The Kier molecular flexibility index (Phi) is 6.42. The number of hydrogen-bond donors (Lipinski definition) is 1. The molecule has 26 heavy (non-hydrogen) atoms. The van der Waals surface area contributed by atoms with E-state index in [9.17, 15) is 9.59 Å². The van der Waals surface area contributed by atoms with Crippen LogP contribution in [0.15, 0.2) is 32.8 Å². The van der Waals surface area contributed by atoms with E-state index < -0.39 is 0 Å². The first-order valence-electron chi connectivity index (χ1n) is 7.53. The minimum absolute atomic E-state index is 0.0901. The largest absolute Gasteiger partial charge is 0.459 e. The van der Waals surface area contributed by atoms with E-state index >= 15 is 0 Å². The van der Waals surface area contributed by atoms with Crippen LogP contribution in [0, 0.1) is 6.92 Å². The average molecular weight is 410 g/mol. The summed E-state index contributed by atoms with van der Waals surface area (Å²) in [6, 6.07) is 3.62. The van der Waals surface area contributed by atoms with Crippen molar-refractivity contribution >= 4 is 52.1 Å². The molecule has 10 heteroatoms. The molecule has 3 aromatic heterocycles. The number of rotatable bonds is 8. The van der Waals surface area contributed by atoms with Crippen LogP contribution >= 0.6 is 34.4 Å². The van der Waals surface area contributed by atoms with Gasteiger partial charge in [-0.3, -0.25) is 9.59 Å². The maximum Gasteiger partial charge on any atom is 0.316 e. The number of ether oxygens (including phenoxy) is 1. The number of aryl methyl sites for hydroxylation is 1. The van der Waals surface area contributed by atoms with Crippen LogP contribution in [0.25, 0.3) is 10.6 Å². The van der Waals surface area contributed by atoms with E-state index in [-0.39, 0.29) is 30.0 Å². The molecule has 1 amide bonds. The Balaban J connectivity index is 1.35. The molecule has 0 radical (unpaired) electrons. The second kappa shape index (κ2) is 8.97. The molecule has 0 saturated heterocycles. The fourth-order valence-electron chi connectivity index (χ4n) is 1.92. The third kappa shape index (κ3) is 5.41. The number of thiazole rings is 1. The molecule has 0 atom stereocenters. The van der Waals surface area contributed by atoms with Crippen molar-refractivity contribution in [1.29, 1.82) is 0 Å². The van der Waals surface area contributed by atoms with Crippen molar-refractivity contribution in [3.05, 3.63) is 39.7 Å². The zero-order valence-electron chi connectivity index (χ0n) is 13.8. The highest BCUT2D eigenvalue weighted by Crippen LogP contribution is 2.25. The molecule has 0 spiro atoms. The van der Waals surface area contributed by atoms with Gasteiger partial charge in [0.25, 0.3) is 0 Å². The van der Waals surface area contributed by atoms with Gasteiger partial charge < -0.3 is 14.6 Å². The predicted molar refractivity (Wildman–Crippen MR) is 102 cm³/mol. The fourth-order valence-corrected chi connectivity index (χ4v) is 4.05. The number of carbonyl (C=O) groups excluding carboxylic acids is 2. The van der Waals surface area contributed by atoms with Gasteiger partial charge in [0.15, 0.2) is 5.82 Å². The summed E-state index contributed by atoms with van der Waals surface area (Å²) in [4.78, 5) is 27.9. The topological polar surface area (TPSA) is 94.3 Å². The van der Waals surface area contributed by atoms with Gasteiger partial charge >= 0.3 is 5.97 Å². The number of nitrogens with one attached hydrogen (secondary N) is 1. The van der Waals surface area contributed by atoms with Crippen LogP contribution in [0.5, 0.6) is 0 Å². The molecular formula is C16H15N3O4S3. The van der Waals surface area contributed by atoms with Crippen molar-refractivity contribution in [2.75, 3.05) is 16.8 Å². The third-order valence-electron chi connectivity index (χ3n) is 3.05. The highest BCUT2D eigenvalue weighted by atomic mass is 32.2. The lowest BCUT2D eigenvalue weighted by Gasteiger charge is -2.03. The molecule has 0 aliphatic carbocycles. The number of nitrogens with zero attached hydrogens (tertiary/aromatic N) is 2. The molecule has 7 nitrogen and oxygen atoms in total. The number of anilines is 1. The smallest absolute Gasteiger partial charge is 0.316 e. The van der Waals surface area contributed by atoms with Gasteiger partial charge in [0.1, 0.15) is 17.4 Å². The van der Waals surface area contributed by atoms with Crippen molar-refractivity contribution in [2.24, 2.45) is 0 Å². The first-order valence-corrected chi connectivity index (χ1v) is 10.5. The van der Waals surface area contributed by atoms with Crippen molar-refractivity contribution in [3.63, 3.8) is 0 Å². The van der Waals surface area contributed by atoms with Gasteiger partial charge in [-0.05, 0) is 18.4 Å². The predicted octanol–water partition coefficient (Wildman–Crippen LogP) is 3.58. The van der Waals surface area contributed by atoms with Crippen molar-refractivity contribution in [1.82, 2.24) is 10.1 Å². The van der Waals surface area contributed by atoms with Crippen molar-refractivity contribution in [3.8, 4) is 10.6 Å². The van der Waals surface area contributed by atoms with Gasteiger partial charge in [0.05, 0.1) is 17.2 Å². The summed E-state index contributed by atoms with van der Waals surface area (Å²) >= 11 is 4.30. The normalized spacial score (nSPS) is 10.7. The van der Waals surface area contributed by atoms with Gasteiger partial charge in [0, 0.05) is 22.4 Å². The second-order valence-electron chi connectivity index (χ2n) is 5.18. The summed E-state index contributed by atoms with van der Waals surface area (Å²) in [5.41, 5.74) is 1.79. The molecule has 0 bridgehead atoms. The molecule has 136 valence electrons. The van der Waals surface area contributed by atoms with E-state index in [4.69, 9.17) is 9.26 Å². The molecular weight excluding hydrogens is 394 g/mol. The summed E-state index contributed by atoms with van der Waals surface area (Å²) in [5, 5.41) is 13.1. The van der Waals surface area contributed by atoms with E-state index in [1.54, 1.807) is 24.3 Å². The maximum absolute atomic E-state index is 11.8. The molecule has 3 heterocycles. The molecule has 0 saturated carbocycles. The van der Waals surface area contributed by atoms with Crippen molar-refractivity contribution < 1.29 is 18.8 Å². The summed E-state index contributed by atoms with van der Waals surface area (Å²) in [6.45, 7) is 1.86. The summed E-state index contributed by atoms with van der Waals surface area (Å²) in [6.07, 6.45) is 0. The standard InChI is InChI=1S/C16H15N3O4S3/c1-10-4-13(19-23-10)18-14(20)8-25-9-15(21)22-5-12-7-26-16(17-12)11-2-3-24-6-11/h2-4,6-7H,5,8-9H2,1H3,(H,18,19,20). The minimum atomic E-state index is -0.384. The van der Waals surface area contributed by atoms with E-state index in [1.807, 2.05) is 22.2 Å². The van der Waals surface area contributed by atoms with Gasteiger partial charge in [-0.2, -0.15) is 11.3 Å².